The first-order valence-corrected chi connectivity index (χ1v) is 21.1. The number of methoxy groups -OCH3 is 1. The first kappa shape index (κ1) is 43.8. The van der Waals surface area contributed by atoms with Crippen molar-refractivity contribution in [1.82, 2.24) is 25.8 Å². The molecule has 1 aromatic rings. The quantitative estimate of drug-likeness (QED) is 0.0879. The average Bonchev–Trinajstić information content (AvgIpc) is 3.13. The molecule has 2 aliphatic rings. The van der Waals surface area contributed by atoms with Gasteiger partial charge in [0.05, 0.1) is 36.6 Å². The molecule has 1 unspecified atom stereocenters. The Bertz CT molecular complexity index is 1320. The molecule has 52 heavy (non-hydrogen) atoms. The Kier molecular flexibility index (Phi) is 19.0. The number of ether oxygens (including phenoxy) is 2. The highest BCUT2D eigenvalue weighted by Gasteiger charge is 2.36. The van der Waals surface area contributed by atoms with Crippen LogP contribution in [0.2, 0.25) is 0 Å². The molecule has 5 N–H and O–H groups in total. The number of hydrogen-bond donors (Lipinski definition) is 5. The van der Waals surface area contributed by atoms with Gasteiger partial charge in [0.1, 0.15) is 6.79 Å². The number of sulfonamides is 1. The van der Waals surface area contributed by atoms with Crippen LogP contribution in [-0.2, 0) is 40.3 Å². The summed E-state index contributed by atoms with van der Waals surface area (Å²) in [6.45, 7) is 7.06. The van der Waals surface area contributed by atoms with Gasteiger partial charge >= 0.3 is 0 Å². The number of amides is 3. The van der Waals surface area contributed by atoms with Gasteiger partial charge in [-0.1, -0.05) is 96.0 Å². The number of nitrogens with one attached hydrogen (secondary N) is 4. The van der Waals surface area contributed by atoms with Gasteiger partial charge in [-0.15, -0.1) is 4.83 Å². The van der Waals surface area contributed by atoms with Crippen LogP contribution in [0.1, 0.15) is 103 Å². The molecule has 13 nitrogen and oxygen atoms in total. The maximum Gasteiger partial charge on any atom is 0.240 e. The summed E-state index contributed by atoms with van der Waals surface area (Å²) in [6.07, 6.45) is 9.82. The standard InChI is InChI=1S/C38H65N5O8S/c1-6-7-18-32(39-34(24-29-16-12-9-13-17-29)38(47)43-21-19-30(20-22-43)51-26-50-4)37(46)40-33(23-28-14-10-8-11-15-28)35(44)25-31(27(2)3)36(45)41-42-52(5,48)49/h9,12-13,16-17,27-28,30-35,39,42,44H,6-8,10-11,14-15,18-26H2,1-5H3,(H,40,46)(H,41,45)/t31-,32-,33-,34?,35-/m0/s1. The van der Waals surface area contributed by atoms with Crippen molar-refractivity contribution in [2.24, 2.45) is 17.8 Å². The van der Waals surface area contributed by atoms with E-state index in [1.165, 1.54) is 0 Å². The summed E-state index contributed by atoms with van der Waals surface area (Å²) in [7, 11) is -2.08. The van der Waals surface area contributed by atoms with E-state index < -0.39 is 46.1 Å². The Balaban J connectivity index is 1.82. The molecule has 0 bridgehead atoms. The lowest BCUT2D eigenvalue weighted by molar-refractivity contribution is -0.139. The number of rotatable bonds is 22. The zero-order chi connectivity index (χ0) is 38.1. The number of aliphatic hydroxyl groups excluding tert-OH is 1. The van der Waals surface area contributed by atoms with Crippen LogP contribution in [0.3, 0.4) is 0 Å². The second-order valence-electron chi connectivity index (χ2n) is 15.1. The molecule has 1 aromatic carbocycles. The van der Waals surface area contributed by atoms with E-state index in [0.29, 0.717) is 51.1 Å². The van der Waals surface area contributed by atoms with E-state index in [2.05, 4.69) is 23.0 Å². The number of carbonyl (C=O) groups excluding carboxylic acids is 3. The molecule has 0 aromatic heterocycles. The first-order valence-electron chi connectivity index (χ1n) is 19.3. The molecule has 1 heterocycles. The van der Waals surface area contributed by atoms with Crippen LogP contribution in [0.25, 0.3) is 0 Å². The SMILES string of the molecule is CCCC[C@H](NC(Cc1ccccc1)C(=O)N1CCC(OCOC)CC1)C(=O)N[C@@H](CC1CCCCC1)[C@@H](O)C[C@H](C(=O)NNS(C)(=O)=O)C(C)C. The Labute approximate surface area is 311 Å². The zero-order valence-electron chi connectivity index (χ0n) is 32.0. The van der Waals surface area contributed by atoms with E-state index in [4.69, 9.17) is 9.47 Å². The molecule has 296 valence electrons. The van der Waals surface area contributed by atoms with Gasteiger partial charge in [0.2, 0.25) is 27.7 Å². The van der Waals surface area contributed by atoms with Crippen molar-refractivity contribution < 1.29 is 37.4 Å². The Morgan fingerprint density at radius 1 is 0.981 bits per heavy atom. The summed E-state index contributed by atoms with van der Waals surface area (Å²) in [5, 5.41) is 18.4. The van der Waals surface area contributed by atoms with Crippen molar-refractivity contribution in [3.63, 3.8) is 0 Å². The monoisotopic (exact) mass is 751 g/mol. The fraction of sp³-hybridized carbons (Fsp3) is 0.763. The lowest BCUT2D eigenvalue weighted by Gasteiger charge is -2.36. The van der Waals surface area contributed by atoms with Gasteiger partial charge in [0, 0.05) is 26.1 Å². The number of hydrogen-bond acceptors (Lipinski definition) is 9. The summed E-state index contributed by atoms with van der Waals surface area (Å²) >= 11 is 0. The number of benzene rings is 1. The van der Waals surface area contributed by atoms with Gasteiger partial charge in [-0.05, 0) is 55.9 Å². The van der Waals surface area contributed by atoms with Crippen LogP contribution in [0.4, 0.5) is 0 Å². The normalized spacial score (nSPS) is 19.1. The van der Waals surface area contributed by atoms with Crippen molar-refractivity contribution in [2.75, 3.05) is 33.2 Å². The Morgan fingerprint density at radius 2 is 1.65 bits per heavy atom. The second kappa shape index (κ2) is 22.6. The van der Waals surface area contributed by atoms with Crippen LogP contribution in [0, 0.1) is 17.8 Å². The van der Waals surface area contributed by atoms with Crippen LogP contribution in [-0.4, -0.2) is 99.7 Å². The van der Waals surface area contributed by atoms with Gasteiger partial charge in [-0.25, -0.2) is 8.42 Å². The van der Waals surface area contributed by atoms with E-state index >= 15 is 0 Å². The number of likely N-dealkylation sites (tertiary alicyclic amines) is 1. The van der Waals surface area contributed by atoms with Crippen molar-refractivity contribution in [3.05, 3.63) is 35.9 Å². The lowest BCUT2D eigenvalue weighted by atomic mass is 9.81. The Morgan fingerprint density at radius 3 is 2.25 bits per heavy atom. The topological polar surface area (TPSA) is 175 Å². The first-order chi connectivity index (χ1) is 24.8. The number of carbonyl (C=O) groups is 3. The smallest absolute Gasteiger partial charge is 0.240 e. The van der Waals surface area contributed by atoms with E-state index in [1.807, 2.05) is 53.9 Å². The Hall–Kier alpha value is -2.62. The number of nitrogens with zero attached hydrogens (tertiary/aromatic N) is 1. The zero-order valence-corrected chi connectivity index (χ0v) is 32.8. The third kappa shape index (κ3) is 15.4. The van der Waals surface area contributed by atoms with E-state index in [0.717, 1.165) is 56.8 Å². The third-order valence-electron chi connectivity index (χ3n) is 10.4. The second-order valence-corrected chi connectivity index (χ2v) is 16.8. The van der Waals surface area contributed by atoms with E-state index in [1.54, 1.807) is 7.11 Å². The highest BCUT2D eigenvalue weighted by Crippen LogP contribution is 2.30. The van der Waals surface area contributed by atoms with Gasteiger partial charge < -0.3 is 24.8 Å². The number of piperidine rings is 1. The van der Waals surface area contributed by atoms with Crippen molar-refractivity contribution in [2.45, 2.75) is 135 Å². The molecular weight excluding hydrogens is 687 g/mol. The van der Waals surface area contributed by atoms with Gasteiger partial charge in [0.25, 0.3) is 0 Å². The average molecular weight is 752 g/mol. The minimum absolute atomic E-state index is 0.0254. The molecule has 3 amide bonds. The minimum Gasteiger partial charge on any atom is -0.391 e. The molecule has 3 rings (SSSR count). The van der Waals surface area contributed by atoms with Crippen molar-refractivity contribution in [1.29, 1.82) is 0 Å². The maximum absolute atomic E-state index is 14.3. The van der Waals surface area contributed by atoms with Crippen LogP contribution in [0.15, 0.2) is 30.3 Å². The van der Waals surface area contributed by atoms with Crippen molar-refractivity contribution in [3.8, 4) is 0 Å². The summed E-state index contributed by atoms with van der Waals surface area (Å²) in [6, 6.07) is 7.81. The lowest BCUT2D eigenvalue weighted by Crippen LogP contribution is -2.58. The third-order valence-corrected chi connectivity index (χ3v) is 10.9. The highest BCUT2D eigenvalue weighted by molar-refractivity contribution is 7.88. The largest absolute Gasteiger partial charge is 0.391 e. The summed E-state index contributed by atoms with van der Waals surface area (Å²) in [4.78, 5) is 45.4. The van der Waals surface area contributed by atoms with E-state index in [9.17, 15) is 27.9 Å². The molecule has 1 saturated heterocycles. The summed E-state index contributed by atoms with van der Waals surface area (Å²) < 4.78 is 34.1. The molecule has 2 fully saturated rings. The van der Waals surface area contributed by atoms with Gasteiger partial charge in [-0.3, -0.25) is 25.1 Å². The number of hydrazine groups is 1. The molecule has 0 spiro atoms. The molecule has 1 aliphatic heterocycles. The van der Waals surface area contributed by atoms with Crippen molar-refractivity contribution >= 4 is 27.7 Å². The number of unbranched alkanes of at least 4 members (excludes halogenated alkanes) is 1. The minimum atomic E-state index is -3.67. The maximum atomic E-state index is 14.3. The van der Waals surface area contributed by atoms with Crippen LogP contribution < -0.4 is 20.9 Å². The fourth-order valence-corrected chi connectivity index (χ4v) is 7.64. The molecule has 1 aliphatic carbocycles. The fourth-order valence-electron chi connectivity index (χ4n) is 7.36. The van der Waals surface area contributed by atoms with Crippen LogP contribution in [0.5, 0.6) is 0 Å². The van der Waals surface area contributed by atoms with Gasteiger partial charge in [0.15, 0.2) is 0 Å². The van der Waals surface area contributed by atoms with E-state index in [-0.39, 0.29) is 37.0 Å². The summed E-state index contributed by atoms with van der Waals surface area (Å²) in [5.41, 5.74) is 3.25. The predicted octanol–water partition coefficient (Wildman–Crippen LogP) is 3.42. The molecule has 5 atom stereocenters. The molecule has 1 saturated carbocycles. The molecular formula is C38H65N5O8S. The number of aliphatic hydroxyl groups is 1. The summed E-state index contributed by atoms with van der Waals surface area (Å²) in [5.74, 6) is -1.48. The molecule has 0 radical (unpaired) electrons. The van der Waals surface area contributed by atoms with Crippen LogP contribution >= 0.6 is 0 Å². The van der Waals surface area contributed by atoms with Gasteiger partial charge in [-0.2, -0.15) is 0 Å². The molecule has 14 heteroatoms. The highest BCUT2D eigenvalue weighted by atomic mass is 32.2. The predicted molar refractivity (Wildman–Crippen MR) is 201 cm³/mol.